The van der Waals surface area contributed by atoms with Crippen LogP contribution in [0.25, 0.3) is 0 Å². The molecule has 2 aromatic carbocycles. The topological polar surface area (TPSA) is 24.1 Å². The molecule has 1 atom stereocenters. The summed E-state index contributed by atoms with van der Waals surface area (Å²) in [5.41, 5.74) is 3.42. The van der Waals surface area contributed by atoms with Gasteiger partial charge in [0.1, 0.15) is 0 Å². The van der Waals surface area contributed by atoms with Gasteiger partial charge in [-0.1, -0.05) is 56.9 Å². The van der Waals surface area contributed by atoms with Crippen molar-refractivity contribution < 1.29 is 0 Å². The maximum atomic E-state index is 3.60. The van der Waals surface area contributed by atoms with Gasteiger partial charge in [0, 0.05) is 23.1 Å². The number of para-hydroxylation sites is 1. The van der Waals surface area contributed by atoms with E-state index < -0.39 is 0 Å². The van der Waals surface area contributed by atoms with E-state index >= 15 is 0 Å². The van der Waals surface area contributed by atoms with Gasteiger partial charge in [0.25, 0.3) is 0 Å². The van der Waals surface area contributed by atoms with Crippen molar-refractivity contribution in [3.63, 3.8) is 0 Å². The molecule has 22 heavy (non-hydrogen) atoms. The molecule has 2 nitrogen and oxygen atoms in total. The number of hydrogen-bond donors (Lipinski definition) is 2. The van der Waals surface area contributed by atoms with Gasteiger partial charge in [-0.3, -0.25) is 0 Å². The number of benzene rings is 2. The summed E-state index contributed by atoms with van der Waals surface area (Å²) in [5, 5.41) is 7.04. The van der Waals surface area contributed by atoms with Gasteiger partial charge in [-0.15, -0.1) is 0 Å². The third kappa shape index (κ3) is 5.80. The highest BCUT2D eigenvalue weighted by molar-refractivity contribution is 5.64. The zero-order chi connectivity index (χ0) is 15.6. The highest BCUT2D eigenvalue weighted by Crippen LogP contribution is 2.21. The van der Waals surface area contributed by atoms with Crippen LogP contribution in [-0.2, 0) is 0 Å². The average molecular weight is 296 g/mol. The third-order valence-electron chi connectivity index (χ3n) is 3.83. The van der Waals surface area contributed by atoms with Crippen LogP contribution >= 0.6 is 0 Å². The number of anilines is 3. The molecule has 2 N–H and O–H groups in total. The fourth-order valence-electron chi connectivity index (χ4n) is 2.61. The van der Waals surface area contributed by atoms with Crippen LogP contribution in [0.4, 0.5) is 17.1 Å². The Balaban J connectivity index is 1.85. The lowest BCUT2D eigenvalue weighted by molar-refractivity contribution is 0.594. The molecule has 2 aromatic rings. The molecule has 0 aliphatic carbocycles. The summed E-state index contributed by atoms with van der Waals surface area (Å²) in [6.07, 6.45) is 6.54. The summed E-state index contributed by atoms with van der Waals surface area (Å²) in [6.45, 7) is 4.52. The van der Waals surface area contributed by atoms with Crippen LogP contribution in [0.3, 0.4) is 0 Å². The summed E-state index contributed by atoms with van der Waals surface area (Å²) >= 11 is 0. The van der Waals surface area contributed by atoms with Crippen molar-refractivity contribution in [1.29, 1.82) is 0 Å². The Labute approximate surface area is 135 Å². The summed E-state index contributed by atoms with van der Waals surface area (Å²) in [4.78, 5) is 0. The third-order valence-corrected chi connectivity index (χ3v) is 3.83. The van der Waals surface area contributed by atoms with E-state index in [1.807, 2.05) is 18.2 Å². The Bertz CT molecular complexity index is 536. The van der Waals surface area contributed by atoms with Crippen LogP contribution in [0.15, 0.2) is 54.6 Å². The molecule has 0 bridgehead atoms. The number of rotatable bonds is 9. The van der Waals surface area contributed by atoms with E-state index in [2.05, 4.69) is 60.9 Å². The average Bonchev–Trinajstić information content (AvgIpc) is 2.53. The summed E-state index contributed by atoms with van der Waals surface area (Å²) in [6, 6.07) is 19.3. The molecular formula is C20H28N2. The van der Waals surface area contributed by atoms with Gasteiger partial charge in [0.2, 0.25) is 0 Å². The van der Waals surface area contributed by atoms with Crippen LogP contribution in [0.1, 0.15) is 46.0 Å². The molecule has 0 aliphatic heterocycles. The predicted octanol–water partition coefficient (Wildman–Crippen LogP) is 6.20. The van der Waals surface area contributed by atoms with E-state index in [4.69, 9.17) is 0 Å². The van der Waals surface area contributed by atoms with Gasteiger partial charge in [0.05, 0.1) is 0 Å². The van der Waals surface area contributed by atoms with Crippen molar-refractivity contribution in [3.05, 3.63) is 54.6 Å². The molecule has 0 amide bonds. The zero-order valence-corrected chi connectivity index (χ0v) is 13.8. The minimum absolute atomic E-state index is 0.517. The van der Waals surface area contributed by atoms with Crippen molar-refractivity contribution >= 4 is 17.1 Å². The minimum atomic E-state index is 0.517. The Hall–Kier alpha value is -1.96. The molecule has 118 valence electrons. The number of hydrogen-bond acceptors (Lipinski definition) is 2. The van der Waals surface area contributed by atoms with Gasteiger partial charge in [0.15, 0.2) is 0 Å². The fraction of sp³-hybridized carbons (Fsp3) is 0.400. The Morgan fingerprint density at radius 3 is 2.32 bits per heavy atom. The molecular weight excluding hydrogens is 268 g/mol. The van der Waals surface area contributed by atoms with Gasteiger partial charge in [-0.05, 0) is 43.7 Å². The summed E-state index contributed by atoms with van der Waals surface area (Å²) in [7, 11) is 0. The zero-order valence-electron chi connectivity index (χ0n) is 13.8. The van der Waals surface area contributed by atoms with Crippen LogP contribution in [0.5, 0.6) is 0 Å². The maximum absolute atomic E-state index is 3.60. The molecule has 0 spiro atoms. The second-order valence-corrected chi connectivity index (χ2v) is 5.97. The standard InChI is InChI=1S/C20H28N2/c1-3-4-5-7-11-17(2)21-19-14-10-15-20(16-19)22-18-12-8-6-9-13-18/h6,8-10,12-17,21-22H,3-5,7,11H2,1-2H3. The van der Waals surface area contributed by atoms with Crippen molar-refractivity contribution in [3.8, 4) is 0 Å². The Morgan fingerprint density at radius 2 is 1.55 bits per heavy atom. The van der Waals surface area contributed by atoms with Crippen molar-refractivity contribution in [2.75, 3.05) is 10.6 Å². The molecule has 0 saturated heterocycles. The van der Waals surface area contributed by atoms with E-state index in [0.29, 0.717) is 6.04 Å². The first-order valence-electron chi connectivity index (χ1n) is 8.46. The number of unbranched alkanes of at least 4 members (excludes halogenated alkanes) is 3. The molecule has 0 saturated carbocycles. The lowest BCUT2D eigenvalue weighted by Crippen LogP contribution is -2.14. The molecule has 0 aromatic heterocycles. The van der Waals surface area contributed by atoms with Gasteiger partial charge in [-0.25, -0.2) is 0 Å². The number of nitrogens with one attached hydrogen (secondary N) is 2. The fourth-order valence-corrected chi connectivity index (χ4v) is 2.61. The lowest BCUT2D eigenvalue weighted by Gasteiger charge is -2.16. The first-order chi connectivity index (χ1) is 10.8. The normalized spacial score (nSPS) is 11.9. The molecule has 0 heterocycles. The smallest absolute Gasteiger partial charge is 0.0404 e. The first kappa shape index (κ1) is 16.4. The van der Waals surface area contributed by atoms with E-state index in [0.717, 1.165) is 11.4 Å². The van der Waals surface area contributed by atoms with Crippen LogP contribution < -0.4 is 10.6 Å². The summed E-state index contributed by atoms with van der Waals surface area (Å²) < 4.78 is 0. The van der Waals surface area contributed by atoms with Gasteiger partial charge < -0.3 is 10.6 Å². The minimum Gasteiger partial charge on any atom is -0.383 e. The van der Waals surface area contributed by atoms with Gasteiger partial charge in [-0.2, -0.15) is 0 Å². The second kappa shape index (κ2) is 9.14. The summed E-state index contributed by atoms with van der Waals surface area (Å²) in [5.74, 6) is 0. The van der Waals surface area contributed by atoms with Crippen molar-refractivity contribution in [1.82, 2.24) is 0 Å². The molecule has 0 fully saturated rings. The van der Waals surface area contributed by atoms with Gasteiger partial charge >= 0.3 is 0 Å². The van der Waals surface area contributed by atoms with E-state index in [9.17, 15) is 0 Å². The highest BCUT2D eigenvalue weighted by atomic mass is 14.9. The van der Waals surface area contributed by atoms with E-state index in [1.54, 1.807) is 0 Å². The quantitative estimate of drug-likeness (QED) is 0.538. The lowest BCUT2D eigenvalue weighted by atomic mass is 10.1. The largest absolute Gasteiger partial charge is 0.383 e. The second-order valence-electron chi connectivity index (χ2n) is 5.97. The molecule has 1 unspecified atom stereocenters. The molecule has 0 radical (unpaired) electrons. The van der Waals surface area contributed by atoms with Crippen LogP contribution in [0, 0.1) is 0 Å². The van der Waals surface area contributed by atoms with Crippen LogP contribution in [-0.4, -0.2) is 6.04 Å². The molecule has 2 rings (SSSR count). The first-order valence-corrected chi connectivity index (χ1v) is 8.46. The predicted molar refractivity (Wildman–Crippen MR) is 98.0 cm³/mol. The Kier molecular flexibility index (Phi) is 6.82. The highest BCUT2D eigenvalue weighted by Gasteiger charge is 2.03. The van der Waals surface area contributed by atoms with Crippen molar-refractivity contribution in [2.45, 2.75) is 52.0 Å². The van der Waals surface area contributed by atoms with E-state index in [-0.39, 0.29) is 0 Å². The van der Waals surface area contributed by atoms with Crippen molar-refractivity contribution in [2.24, 2.45) is 0 Å². The molecule has 2 heteroatoms. The maximum Gasteiger partial charge on any atom is 0.0404 e. The van der Waals surface area contributed by atoms with E-state index in [1.165, 1.54) is 37.8 Å². The Morgan fingerprint density at radius 1 is 0.818 bits per heavy atom. The molecule has 0 aliphatic rings. The SMILES string of the molecule is CCCCCCC(C)Nc1cccc(Nc2ccccc2)c1. The van der Waals surface area contributed by atoms with Crippen LogP contribution in [0.2, 0.25) is 0 Å². The monoisotopic (exact) mass is 296 g/mol.